The fourth-order valence-electron chi connectivity index (χ4n) is 2.50. The summed E-state index contributed by atoms with van der Waals surface area (Å²) in [6, 6.07) is 3.94. The van der Waals surface area contributed by atoms with Gasteiger partial charge in [-0.15, -0.1) is 11.8 Å². The molecule has 1 heterocycles. The molecule has 0 saturated carbocycles. The van der Waals surface area contributed by atoms with Crippen LogP contribution in [-0.2, 0) is 9.53 Å². The van der Waals surface area contributed by atoms with Crippen LogP contribution in [-0.4, -0.2) is 28.5 Å². The molecule has 0 amide bonds. The Morgan fingerprint density at radius 2 is 2.25 bits per heavy atom. The summed E-state index contributed by atoms with van der Waals surface area (Å²) in [4.78, 5) is 12.9. The van der Waals surface area contributed by atoms with Gasteiger partial charge in [-0.1, -0.05) is 44.7 Å². The highest BCUT2D eigenvalue weighted by Gasteiger charge is 2.12. The maximum atomic E-state index is 11.9. The molecular formula is C18H25ClN2O2S. The third-order valence-electron chi connectivity index (χ3n) is 4.11. The molecule has 0 aliphatic rings. The van der Waals surface area contributed by atoms with E-state index in [1.54, 1.807) is 18.0 Å². The quantitative estimate of drug-likeness (QED) is 0.447. The number of nitrogens with zero attached hydrogens (tertiary/aromatic N) is 1. The zero-order chi connectivity index (χ0) is 17.4. The minimum Gasteiger partial charge on any atom is -0.465 e. The second-order valence-electron chi connectivity index (χ2n) is 5.91. The van der Waals surface area contributed by atoms with Crippen LogP contribution in [0.4, 0.5) is 0 Å². The molecule has 132 valence electrons. The number of rotatable bonds is 10. The fraction of sp³-hybridized carbons (Fsp3) is 0.556. The Labute approximate surface area is 152 Å². The lowest BCUT2D eigenvalue weighted by molar-refractivity contribution is -0.144. The lowest BCUT2D eigenvalue weighted by Crippen LogP contribution is -2.14. The van der Waals surface area contributed by atoms with Gasteiger partial charge in [-0.25, -0.2) is 0 Å². The number of esters is 1. The van der Waals surface area contributed by atoms with Crippen molar-refractivity contribution in [3.63, 3.8) is 0 Å². The minimum absolute atomic E-state index is 0.129. The van der Waals surface area contributed by atoms with Crippen LogP contribution in [0.15, 0.2) is 23.2 Å². The number of nitrogens with one attached hydrogen (secondary N) is 1. The number of unbranched alkanes of at least 4 members (excludes halogenated alkanes) is 1. The molecule has 1 unspecified atom stereocenters. The topological polar surface area (TPSA) is 55.0 Å². The van der Waals surface area contributed by atoms with Crippen molar-refractivity contribution in [2.45, 2.75) is 50.8 Å². The molecule has 24 heavy (non-hydrogen) atoms. The standard InChI is InChI=1S/C18H25ClN2O2S/c1-3-5-6-13(4-2)12-23-16(22)9-10-24-15-8-7-14-11-20-21-18(14)17(15)19/h7-8,11,13H,3-6,9-10,12H2,1-2H3,(H,20,21). The van der Waals surface area contributed by atoms with E-state index in [-0.39, 0.29) is 5.97 Å². The number of aromatic amines is 1. The molecule has 2 aromatic rings. The van der Waals surface area contributed by atoms with Crippen LogP contribution in [0.2, 0.25) is 5.02 Å². The average molecular weight is 369 g/mol. The van der Waals surface area contributed by atoms with E-state index in [0.29, 0.717) is 29.7 Å². The summed E-state index contributed by atoms with van der Waals surface area (Å²) in [6.45, 7) is 4.88. The molecule has 0 saturated heterocycles. The first kappa shape index (κ1) is 19.1. The molecule has 1 atom stereocenters. The van der Waals surface area contributed by atoms with Gasteiger partial charge in [0, 0.05) is 16.0 Å². The summed E-state index contributed by atoms with van der Waals surface area (Å²) in [5.74, 6) is 1.01. The summed E-state index contributed by atoms with van der Waals surface area (Å²) in [5, 5.41) is 8.53. The van der Waals surface area contributed by atoms with Crippen molar-refractivity contribution < 1.29 is 9.53 Å². The van der Waals surface area contributed by atoms with Crippen LogP contribution in [0.3, 0.4) is 0 Å². The maximum absolute atomic E-state index is 11.9. The van der Waals surface area contributed by atoms with Gasteiger partial charge < -0.3 is 4.74 Å². The zero-order valence-electron chi connectivity index (χ0n) is 14.3. The fourth-order valence-corrected chi connectivity index (χ4v) is 3.76. The number of benzene rings is 1. The van der Waals surface area contributed by atoms with E-state index >= 15 is 0 Å². The number of hydrogen-bond donors (Lipinski definition) is 1. The molecule has 1 aromatic carbocycles. The summed E-state index contributed by atoms with van der Waals surface area (Å²) in [7, 11) is 0. The van der Waals surface area contributed by atoms with Gasteiger partial charge in [-0.3, -0.25) is 9.89 Å². The lowest BCUT2D eigenvalue weighted by atomic mass is 10.0. The number of carbonyl (C=O) groups is 1. The number of aromatic nitrogens is 2. The first-order valence-electron chi connectivity index (χ1n) is 8.55. The molecule has 0 bridgehead atoms. The average Bonchev–Trinajstić information content (AvgIpc) is 3.06. The molecular weight excluding hydrogens is 344 g/mol. The lowest BCUT2D eigenvalue weighted by Gasteiger charge is -2.14. The Hall–Kier alpha value is -1.20. The highest BCUT2D eigenvalue weighted by molar-refractivity contribution is 7.99. The van der Waals surface area contributed by atoms with Crippen molar-refractivity contribution in [3.8, 4) is 0 Å². The van der Waals surface area contributed by atoms with Gasteiger partial charge in [0.15, 0.2) is 0 Å². The number of fused-ring (bicyclic) bond motifs is 1. The SMILES string of the molecule is CCCCC(CC)COC(=O)CCSc1ccc2cn[nH]c2c1Cl. The third-order valence-corrected chi connectivity index (χ3v) is 5.67. The van der Waals surface area contributed by atoms with Crippen molar-refractivity contribution in [1.82, 2.24) is 10.2 Å². The third kappa shape index (κ3) is 5.42. The van der Waals surface area contributed by atoms with Crippen LogP contribution < -0.4 is 0 Å². The Kier molecular flexibility index (Phi) is 7.92. The van der Waals surface area contributed by atoms with Crippen molar-refractivity contribution >= 4 is 40.2 Å². The molecule has 4 nitrogen and oxygen atoms in total. The highest BCUT2D eigenvalue weighted by Crippen LogP contribution is 2.32. The summed E-state index contributed by atoms with van der Waals surface area (Å²) < 4.78 is 5.42. The Morgan fingerprint density at radius 1 is 1.42 bits per heavy atom. The van der Waals surface area contributed by atoms with Crippen molar-refractivity contribution in [2.24, 2.45) is 5.92 Å². The normalized spacial score (nSPS) is 12.5. The molecule has 0 radical (unpaired) electrons. The van der Waals surface area contributed by atoms with Gasteiger partial charge in [0.1, 0.15) is 0 Å². The number of carbonyl (C=O) groups excluding carboxylic acids is 1. The Balaban J connectivity index is 1.74. The first-order valence-corrected chi connectivity index (χ1v) is 9.92. The van der Waals surface area contributed by atoms with Gasteiger partial charge in [-0.05, 0) is 24.5 Å². The first-order chi connectivity index (χ1) is 11.7. The molecule has 1 aromatic heterocycles. The number of thioether (sulfide) groups is 1. The van der Waals surface area contributed by atoms with E-state index in [2.05, 4.69) is 24.0 Å². The van der Waals surface area contributed by atoms with Gasteiger partial charge in [0.25, 0.3) is 0 Å². The van der Waals surface area contributed by atoms with Crippen molar-refractivity contribution in [1.29, 1.82) is 0 Å². The number of H-pyrrole nitrogens is 1. The second kappa shape index (κ2) is 9.94. The molecule has 6 heteroatoms. The summed E-state index contributed by atoms with van der Waals surface area (Å²) >= 11 is 7.93. The van der Waals surface area contributed by atoms with Gasteiger partial charge in [-0.2, -0.15) is 5.10 Å². The van der Waals surface area contributed by atoms with Crippen LogP contribution in [0, 0.1) is 5.92 Å². The van der Waals surface area contributed by atoms with E-state index in [9.17, 15) is 4.79 Å². The predicted molar refractivity (Wildman–Crippen MR) is 101 cm³/mol. The van der Waals surface area contributed by atoms with Gasteiger partial charge in [0.2, 0.25) is 0 Å². The van der Waals surface area contributed by atoms with Gasteiger partial charge >= 0.3 is 5.97 Å². The molecule has 0 aliphatic carbocycles. The van der Waals surface area contributed by atoms with E-state index in [4.69, 9.17) is 16.3 Å². The van der Waals surface area contributed by atoms with Crippen LogP contribution in [0.25, 0.3) is 10.9 Å². The number of halogens is 1. The van der Waals surface area contributed by atoms with E-state index in [0.717, 1.165) is 28.6 Å². The van der Waals surface area contributed by atoms with Crippen molar-refractivity contribution in [3.05, 3.63) is 23.4 Å². The summed E-state index contributed by atoms with van der Waals surface area (Å²) in [5.41, 5.74) is 0.839. The van der Waals surface area contributed by atoms with Crippen molar-refractivity contribution in [2.75, 3.05) is 12.4 Å². The second-order valence-corrected chi connectivity index (χ2v) is 7.42. The zero-order valence-corrected chi connectivity index (χ0v) is 15.9. The number of hydrogen-bond acceptors (Lipinski definition) is 4. The Morgan fingerprint density at radius 3 is 3.00 bits per heavy atom. The summed E-state index contributed by atoms with van der Waals surface area (Å²) in [6.07, 6.45) is 6.71. The predicted octanol–water partition coefficient (Wildman–Crippen LogP) is 5.46. The van der Waals surface area contributed by atoms with Crippen LogP contribution >= 0.6 is 23.4 Å². The van der Waals surface area contributed by atoms with Crippen LogP contribution in [0.5, 0.6) is 0 Å². The molecule has 0 fully saturated rings. The molecule has 0 aliphatic heterocycles. The smallest absolute Gasteiger partial charge is 0.306 e. The highest BCUT2D eigenvalue weighted by atomic mass is 35.5. The molecule has 2 rings (SSSR count). The van der Waals surface area contributed by atoms with Gasteiger partial charge in [0.05, 0.1) is 29.8 Å². The minimum atomic E-state index is -0.129. The number of ether oxygens (including phenoxy) is 1. The van der Waals surface area contributed by atoms with E-state index in [1.807, 2.05) is 12.1 Å². The largest absolute Gasteiger partial charge is 0.465 e. The molecule has 1 N–H and O–H groups in total. The maximum Gasteiger partial charge on any atom is 0.306 e. The van der Waals surface area contributed by atoms with Crippen LogP contribution in [0.1, 0.15) is 46.0 Å². The molecule has 0 spiro atoms. The van der Waals surface area contributed by atoms with E-state index < -0.39 is 0 Å². The van der Waals surface area contributed by atoms with E-state index in [1.165, 1.54) is 12.8 Å². The monoisotopic (exact) mass is 368 g/mol. The Bertz CT molecular complexity index is 660.